The lowest BCUT2D eigenvalue weighted by Crippen LogP contribution is -2.14. The Bertz CT molecular complexity index is 699. The van der Waals surface area contributed by atoms with Gasteiger partial charge >= 0.3 is 0 Å². The number of non-ortho nitro benzene ring substituents is 1. The predicted molar refractivity (Wildman–Crippen MR) is 79.3 cm³/mol. The normalized spacial score (nSPS) is 11.4. The predicted octanol–water partition coefficient (Wildman–Crippen LogP) is 3.54. The Labute approximate surface area is 126 Å². The van der Waals surface area contributed by atoms with Crippen LogP contribution in [0, 0.1) is 10.1 Å². The number of nitro benzene ring substituents is 1. The molecule has 7 heteroatoms. The van der Waals surface area contributed by atoms with Gasteiger partial charge < -0.3 is 0 Å². The number of benzene rings is 1. The molecule has 21 heavy (non-hydrogen) atoms. The van der Waals surface area contributed by atoms with E-state index in [-0.39, 0.29) is 16.3 Å². The van der Waals surface area contributed by atoms with Crippen LogP contribution in [0.1, 0.15) is 36.8 Å². The molecule has 1 aromatic heterocycles. The van der Waals surface area contributed by atoms with E-state index < -0.39 is 4.92 Å². The summed E-state index contributed by atoms with van der Waals surface area (Å²) in [5, 5.41) is 15.2. The van der Waals surface area contributed by atoms with E-state index in [1.54, 1.807) is 0 Å². The fourth-order valence-corrected chi connectivity index (χ4v) is 2.22. The molecule has 0 unspecified atom stereocenters. The number of nitrogens with zero attached hydrogens (tertiary/aromatic N) is 3. The van der Waals surface area contributed by atoms with Gasteiger partial charge in [-0.05, 0) is 12.1 Å². The average Bonchev–Trinajstić information content (AvgIpc) is 2.75. The Morgan fingerprint density at radius 2 is 1.86 bits per heavy atom. The van der Waals surface area contributed by atoms with Crippen LogP contribution in [0.3, 0.4) is 0 Å². The first-order chi connectivity index (χ1) is 9.75. The van der Waals surface area contributed by atoms with Crippen molar-refractivity contribution in [3.8, 4) is 5.69 Å². The zero-order chi connectivity index (χ0) is 15.8. The van der Waals surface area contributed by atoms with Gasteiger partial charge in [-0.15, -0.1) is 0 Å². The maximum absolute atomic E-state index is 11.3. The van der Waals surface area contributed by atoms with E-state index in [2.05, 4.69) is 5.10 Å². The lowest BCUT2D eigenvalue weighted by molar-refractivity contribution is -0.384. The smallest absolute Gasteiger partial charge is 0.269 e. The lowest BCUT2D eigenvalue weighted by atomic mass is 9.90. The van der Waals surface area contributed by atoms with E-state index in [1.807, 2.05) is 20.8 Å². The number of nitro groups is 1. The van der Waals surface area contributed by atoms with E-state index in [0.717, 1.165) is 0 Å². The molecule has 0 atom stereocenters. The van der Waals surface area contributed by atoms with Crippen molar-refractivity contribution in [2.45, 2.75) is 26.2 Å². The lowest BCUT2D eigenvalue weighted by Gasteiger charge is -2.15. The van der Waals surface area contributed by atoms with Crippen LogP contribution in [0.5, 0.6) is 0 Å². The molecule has 0 spiro atoms. The van der Waals surface area contributed by atoms with Crippen molar-refractivity contribution < 1.29 is 9.72 Å². The van der Waals surface area contributed by atoms with Crippen LogP contribution in [0.2, 0.25) is 5.15 Å². The monoisotopic (exact) mass is 307 g/mol. The highest BCUT2D eigenvalue weighted by molar-refractivity contribution is 6.32. The van der Waals surface area contributed by atoms with Gasteiger partial charge in [-0.2, -0.15) is 5.10 Å². The van der Waals surface area contributed by atoms with Crippen molar-refractivity contribution in [2.75, 3.05) is 0 Å². The maximum Gasteiger partial charge on any atom is 0.269 e. The molecule has 0 bridgehead atoms. The van der Waals surface area contributed by atoms with Crippen molar-refractivity contribution in [1.29, 1.82) is 0 Å². The fourth-order valence-electron chi connectivity index (χ4n) is 1.95. The largest absolute Gasteiger partial charge is 0.298 e. The SMILES string of the molecule is CC(C)(C)c1nn(-c2ccc([N+](=O)[O-])cc2)c(Cl)c1C=O. The first kappa shape index (κ1) is 15.2. The number of carbonyl (C=O) groups excluding carboxylic acids is 1. The van der Waals surface area contributed by atoms with Gasteiger partial charge in [0.25, 0.3) is 5.69 Å². The first-order valence-electron chi connectivity index (χ1n) is 6.24. The summed E-state index contributed by atoms with van der Waals surface area (Å²) in [5.41, 5.74) is 1.12. The molecule has 0 saturated heterocycles. The quantitative estimate of drug-likeness (QED) is 0.493. The second-order valence-electron chi connectivity index (χ2n) is 5.61. The van der Waals surface area contributed by atoms with Crippen molar-refractivity contribution in [3.05, 3.63) is 50.8 Å². The van der Waals surface area contributed by atoms with Gasteiger partial charge in [0.05, 0.1) is 21.9 Å². The average molecular weight is 308 g/mol. The molecule has 0 aliphatic carbocycles. The van der Waals surface area contributed by atoms with Gasteiger partial charge in [-0.25, -0.2) is 4.68 Å². The van der Waals surface area contributed by atoms with E-state index in [4.69, 9.17) is 11.6 Å². The van der Waals surface area contributed by atoms with Crippen LogP contribution in [0.25, 0.3) is 5.69 Å². The molecule has 0 N–H and O–H groups in total. The number of carbonyl (C=O) groups is 1. The number of hydrogen-bond donors (Lipinski definition) is 0. The van der Waals surface area contributed by atoms with Crippen LogP contribution in [0.4, 0.5) is 5.69 Å². The Morgan fingerprint density at radius 1 is 1.29 bits per heavy atom. The number of aromatic nitrogens is 2. The summed E-state index contributed by atoms with van der Waals surface area (Å²) < 4.78 is 1.41. The van der Waals surface area contributed by atoms with Crippen LogP contribution in [-0.4, -0.2) is 21.0 Å². The molecule has 0 aliphatic rings. The Hall–Kier alpha value is -2.21. The zero-order valence-electron chi connectivity index (χ0n) is 11.8. The molecule has 2 aromatic rings. The molecule has 0 aliphatic heterocycles. The highest BCUT2D eigenvalue weighted by atomic mass is 35.5. The van der Waals surface area contributed by atoms with Gasteiger partial charge in [-0.3, -0.25) is 14.9 Å². The third kappa shape index (κ3) is 2.80. The summed E-state index contributed by atoms with van der Waals surface area (Å²) in [4.78, 5) is 21.4. The highest BCUT2D eigenvalue weighted by Gasteiger charge is 2.26. The highest BCUT2D eigenvalue weighted by Crippen LogP contribution is 2.30. The first-order valence-corrected chi connectivity index (χ1v) is 6.62. The molecule has 0 amide bonds. The topological polar surface area (TPSA) is 78.0 Å². The molecule has 0 radical (unpaired) electrons. The molecule has 0 saturated carbocycles. The van der Waals surface area contributed by atoms with Gasteiger partial charge in [0.1, 0.15) is 5.15 Å². The minimum atomic E-state index is -0.480. The summed E-state index contributed by atoms with van der Waals surface area (Å²) in [6, 6.07) is 5.81. The van der Waals surface area contributed by atoms with E-state index in [1.165, 1.54) is 28.9 Å². The van der Waals surface area contributed by atoms with Crippen LogP contribution in [0.15, 0.2) is 24.3 Å². The molecular weight excluding hydrogens is 294 g/mol. The number of aldehydes is 1. The molecule has 2 rings (SSSR count). The van der Waals surface area contributed by atoms with Crippen molar-refractivity contribution in [1.82, 2.24) is 9.78 Å². The molecule has 110 valence electrons. The minimum Gasteiger partial charge on any atom is -0.298 e. The number of rotatable bonds is 3. The second kappa shape index (κ2) is 5.29. The number of halogens is 1. The van der Waals surface area contributed by atoms with Gasteiger partial charge in [0.2, 0.25) is 0 Å². The second-order valence-corrected chi connectivity index (χ2v) is 5.96. The Morgan fingerprint density at radius 3 is 2.24 bits per heavy atom. The summed E-state index contributed by atoms with van der Waals surface area (Å²) in [5.74, 6) is 0. The summed E-state index contributed by atoms with van der Waals surface area (Å²) in [7, 11) is 0. The number of hydrogen-bond acceptors (Lipinski definition) is 4. The van der Waals surface area contributed by atoms with Gasteiger partial charge in [0, 0.05) is 17.5 Å². The van der Waals surface area contributed by atoms with Crippen molar-refractivity contribution in [3.63, 3.8) is 0 Å². The summed E-state index contributed by atoms with van der Waals surface area (Å²) in [6.45, 7) is 5.79. The van der Waals surface area contributed by atoms with Crippen LogP contribution < -0.4 is 0 Å². The maximum atomic E-state index is 11.3. The molecule has 1 aromatic carbocycles. The molecule has 0 fully saturated rings. The van der Waals surface area contributed by atoms with E-state index >= 15 is 0 Å². The molecule has 6 nitrogen and oxygen atoms in total. The van der Waals surface area contributed by atoms with Crippen molar-refractivity contribution >= 4 is 23.6 Å². The van der Waals surface area contributed by atoms with E-state index in [9.17, 15) is 14.9 Å². The van der Waals surface area contributed by atoms with Gasteiger partial charge in [0.15, 0.2) is 6.29 Å². The van der Waals surface area contributed by atoms with Crippen LogP contribution >= 0.6 is 11.6 Å². The minimum absolute atomic E-state index is 0.0197. The Kier molecular flexibility index (Phi) is 3.82. The standard InChI is InChI=1S/C14H14ClN3O3/c1-14(2,3)12-11(8-19)13(15)17(16-12)9-4-6-10(7-5-9)18(20)21/h4-8H,1-3H3. The third-order valence-corrected chi connectivity index (χ3v) is 3.36. The molecular formula is C14H14ClN3O3. The Balaban J connectivity index is 2.57. The summed E-state index contributed by atoms with van der Waals surface area (Å²) >= 11 is 6.21. The zero-order valence-corrected chi connectivity index (χ0v) is 12.6. The molecule has 1 heterocycles. The third-order valence-electron chi connectivity index (χ3n) is 3.00. The van der Waals surface area contributed by atoms with Crippen LogP contribution in [-0.2, 0) is 5.41 Å². The van der Waals surface area contributed by atoms with Crippen molar-refractivity contribution in [2.24, 2.45) is 0 Å². The van der Waals surface area contributed by atoms with Gasteiger partial charge in [-0.1, -0.05) is 32.4 Å². The fraction of sp³-hybridized carbons (Fsp3) is 0.286. The van der Waals surface area contributed by atoms with E-state index in [0.29, 0.717) is 23.2 Å². The summed E-state index contributed by atoms with van der Waals surface area (Å²) in [6.07, 6.45) is 0.678.